The number of fused-ring (bicyclic) bond motifs is 3. The summed E-state index contributed by atoms with van der Waals surface area (Å²) in [6.45, 7) is 0.669. The van der Waals surface area contributed by atoms with Gasteiger partial charge in [0, 0.05) is 17.6 Å². The maximum atomic E-state index is 13.3. The highest BCUT2D eigenvalue weighted by molar-refractivity contribution is 5.86. The Morgan fingerprint density at radius 3 is 2.88 bits per heavy atom. The second-order valence-corrected chi connectivity index (χ2v) is 4.67. The molecule has 0 aliphatic heterocycles. The van der Waals surface area contributed by atoms with Gasteiger partial charge in [0.1, 0.15) is 5.82 Å². The van der Waals surface area contributed by atoms with E-state index in [-0.39, 0.29) is 12.4 Å². The molecule has 0 radical (unpaired) electrons. The van der Waals surface area contributed by atoms with Crippen LogP contribution in [-0.2, 0) is 19.4 Å². The van der Waals surface area contributed by atoms with E-state index in [4.69, 9.17) is 5.11 Å². The quantitative estimate of drug-likeness (QED) is 0.847. The van der Waals surface area contributed by atoms with Crippen LogP contribution in [0.4, 0.5) is 4.39 Å². The summed E-state index contributed by atoms with van der Waals surface area (Å²) in [6.07, 6.45) is 4.53. The predicted octanol–water partition coefficient (Wildman–Crippen LogP) is 2.65. The van der Waals surface area contributed by atoms with E-state index in [1.54, 1.807) is 6.07 Å². The molecule has 1 aromatic heterocycles. The van der Waals surface area contributed by atoms with Crippen molar-refractivity contribution in [3.8, 4) is 0 Å². The van der Waals surface area contributed by atoms with E-state index >= 15 is 0 Å². The lowest BCUT2D eigenvalue weighted by Gasteiger charge is -2.15. The smallest absolute Gasteiger partial charge is 0.125 e. The predicted molar refractivity (Wildman–Crippen MR) is 65.6 cm³/mol. The van der Waals surface area contributed by atoms with Gasteiger partial charge in [-0.05, 0) is 49.4 Å². The van der Waals surface area contributed by atoms with Gasteiger partial charge in [-0.3, -0.25) is 0 Å². The molecule has 1 aliphatic carbocycles. The molecule has 0 saturated heterocycles. The molecule has 2 aromatic rings. The monoisotopic (exact) mass is 233 g/mol. The fourth-order valence-corrected chi connectivity index (χ4v) is 2.96. The van der Waals surface area contributed by atoms with Gasteiger partial charge in [0.05, 0.1) is 12.1 Å². The number of aromatic nitrogens is 1. The van der Waals surface area contributed by atoms with E-state index in [1.165, 1.54) is 30.2 Å². The molecule has 0 bridgehead atoms. The van der Waals surface area contributed by atoms with Crippen molar-refractivity contribution in [1.29, 1.82) is 0 Å². The van der Waals surface area contributed by atoms with E-state index < -0.39 is 0 Å². The minimum absolute atomic E-state index is 0.104. The molecule has 1 aliphatic rings. The van der Waals surface area contributed by atoms with Crippen LogP contribution in [0.5, 0.6) is 0 Å². The molecule has 3 rings (SSSR count). The van der Waals surface area contributed by atoms with Gasteiger partial charge >= 0.3 is 0 Å². The van der Waals surface area contributed by atoms with Gasteiger partial charge < -0.3 is 9.67 Å². The maximum Gasteiger partial charge on any atom is 0.125 e. The van der Waals surface area contributed by atoms with Crippen molar-refractivity contribution >= 4 is 10.9 Å². The lowest BCUT2D eigenvalue weighted by molar-refractivity contribution is 0.276. The molecule has 1 heterocycles. The molecular weight excluding hydrogens is 217 g/mol. The number of aryl methyl sites for hydroxylation is 1. The van der Waals surface area contributed by atoms with E-state index in [0.29, 0.717) is 6.54 Å². The summed E-state index contributed by atoms with van der Waals surface area (Å²) in [5, 5.41) is 10.3. The zero-order chi connectivity index (χ0) is 11.8. The van der Waals surface area contributed by atoms with Crippen LogP contribution in [0, 0.1) is 5.82 Å². The van der Waals surface area contributed by atoms with Gasteiger partial charge in [-0.1, -0.05) is 0 Å². The molecule has 0 amide bonds. The van der Waals surface area contributed by atoms with Crippen LogP contribution in [-0.4, -0.2) is 16.3 Å². The van der Waals surface area contributed by atoms with Gasteiger partial charge in [-0.2, -0.15) is 0 Å². The Kier molecular flexibility index (Phi) is 2.63. The Balaban J connectivity index is 2.29. The first-order valence-electron chi connectivity index (χ1n) is 6.21. The van der Waals surface area contributed by atoms with Gasteiger partial charge in [0.2, 0.25) is 0 Å². The van der Waals surface area contributed by atoms with Crippen molar-refractivity contribution in [2.75, 3.05) is 6.61 Å². The van der Waals surface area contributed by atoms with Crippen molar-refractivity contribution in [2.45, 2.75) is 32.2 Å². The number of rotatable bonds is 2. The van der Waals surface area contributed by atoms with E-state index in [1.807, 2.05) is 6.07 Å². The minimum Gasteiger partial charge on any atom is -0.395 e. The second kappa shape index (κ2) is 4.15. The van der Waals surface area contributed by atoms with Crippen molar-refractivity contribution in [3.05, 3.63) is 35.3 Å². The number of hydrogen-bond donors (Lipinski definition) is 1. The molecule has 1 aromatic carbocycles. The normalized spacial score (nSPS) is 15.2. The highest BCUT2D eigenvalue weighted by atomic mass is 19.1. The highest BCUT2D eigenvalue weighted by Crippen LogP contribution is 2.32. The molecule has 0 fully saturated rings. The molecule has 17 heavy (non-hydrogen) atoms. The summed E-state index contributed by atoms with van der Waals surface area (Å²) in [4.78, 5) is 0. The van der Waals surface area contributed by atoms with Crippen LogP contribution in [0.1, 0.15) is 24.1 Å². The number of nitrogens with zero attached hydrogens (tertiary/aromatic N) is 1. The van der Waals surface area contributed by atoms with Crippen molar-refractivity contribution < 1.29 is 9.50 Å². The van der Waals surface area contributed by atoms with Gasteiger partial charge in [-0.25, -0.2) is 4.39 Å². The summed E-state index contributed by atoms with van der Waals surface area (Å²) in [5.41, 5.74) is 3.59. The largest absolute Gasteiger partial charge is 0.395 e. The first-order chi connectivity index (χ1) is 8.31. The molecule has 2 nitrogen and oxygen atoms in total. The Morgan fingerprint density at radius 1 is 1.24 bits per heavy atom. The van der Waals surface area contributed by atoms with Crippen molar-refractivity contribution in [2.24, 2.45) is 0 Å². The van der Waals surface area contributed by atoms with Crippen LogP contribution in [0.15, 0.2) is 18.2 Å². The third kappa shape index (κ3) is 1.65. The Labute approximate surface area is 99.7 Å². The van der Waals surface area contributed by atoms with Crippen LogP contribution in [0.25, 0.3) is 10.9 Å². The average Bonchev–Trinajstić information content (AvgIpc) is 2.65. The second-order valence-electron chi connectivity index (χ2n) is 4.67. The van der Waals surface area contributed by atoms with Crippen LogP contribution in [0.3, 0.4) is 0 Å². The maximum absolute atomic E-state index is 13.3. The summed E-state index contributed by atoms with van der Waals surface area (Å²) >= 11 is 0. The van der Waals surface area contributed by atoms with Gasteiger partial charge in [0.15, 0.2) is 0 Å². The highest BCUT2D eigenvalue weighted by Gasteiger charge is 2.19. The molecule has 0 atom stereocenters. The first kappa shape index (κ1) is 10.8. The third-order valence-corrected chi connectivity index (χ3v) is 3.66. The van der Waals surface area contributed by atoms with Gasteiger partial charge in [-0.15, -0.1) is 0 Å². The van der Waals surface area contributed by atoms with Crippen molar-refractivity contribution in [1.82, 2.24) is 4.57 Å². The fraction of sp³-hybridized carbons (Fsp3) is 0.429. The van der Waals surface area contributed by atoms with E-state index in [2.05, 4.69) is 4.57 Å². The number of aliphatic hydroxyl groups is 1. The Morgan fingerprint density at radius 2 is 2.06 bits per heavy atom. The zero-order valence-electron chi connectivity index (χ0n) is 9.75. The topological polar surface area (TPSA) is 25.2 Å². The lowest BCUT2D eigenvalue weighted by atomic mass is 9.95. The standard InChI is InChI=1S/C14H16FNO/c15-10-5-6-12-11-3-1-2-4-13(11)16(7-8-17)14(12)9-10/h5-6,9,17H,1-4,7-8H2. The molecule has 90 valence electrons. The number of aliphatic hydroxyl groups excluding tert-OH is 1. The molecule has 3 heteroatoms. The Hall–Kier alpha value is -1.35. The number of benzene rings is 1. The van der Waals surface area contributed by atoms with Crippen LogP contribution >= 0.6 is 0 Å². The summed E-state index contributed by atoms with van der Waals surface area (Å²) < 4.78 is 15.4. The third-order valence-electron chi connectivity index (χ3n) is 3.66. The summed E-state index contributed by atoms with van der Waals surface area (Å²) in [7, 11) is 0. The molecule has 0 saturated carbocycles. The van der Waals surface area contributed by atoms with Crippen LogP contribution < -0.4 is 0 Å². The Bertz CT molecular complexity index is 559. The SMILES string of the molecule is OCCn1c2c(c3ccc(F)cc31)CCCC2. The molecular formula is C14H16FNO. The zero-order valence-corrected chi connectivity index (χ0v) is 9.75. The molecule has 0 unspecified atom stereocenters. The molecule has 1 N–H and O–H groups in total. The van der Waals surface area contributed by atoms with E-state index in [9.17, 15) is 4.39 Å². The van der Waals surface area contributed by atoms with Crippen molar-refractivity contribution in [3.63, 3.8) is 0 Å². The van der Waals surface area contributed by atoms with Crippen LogP contribution in [0.2, 0.25) is 0 Å². The lowest BCUT2D eigenvalue weighted by Crippen LogP contribution is -2.10. The minimum atomic E-state index is -0.202. The molecule has 0 spiro atoms. The fourth-order valence-electron chi connectivity index (χ4n) is 2.96. The average molecular weight is 233 g/mol. The summed E-state index contributed by atoms with van der Waals surface area (Å²) in [6, 6.07) is 4.99. The van der Waals surface area contributed by atoms with Gasteiger partial charge in [0.25, 0.3) is 0 Å². The van der Waals surface area contributed by atoms with E-state index in [0.717, 1.165) is 23.7 Å². The summed E-state index contributed by atoms with van der Waals surface area (Å²) in [5.74, 6) is -0.202. The number of hydrogen-bond acceptors (Lipinski definition) is 1. The first-order valence-corrected chi connectivity index (χ1v) is 6.21. The number of halogens is 1.